The SMILES string of the molecule is CCC.CCOc1ccc(CC(=O)NCCCc2ccc(C)c(C)c2)cc1OC. The molecule has 160 valence electrons. The van der Waals surface area contributed by atoms with Crippen LogP contribution in [0.3, 0.4) is 0 Å². The van der Waals surface area contributed by atoms with E-state index in [1.165, 1.54) is 23.1 Å². The molecule has 0 atom stereocenters. The molecule has 0 spiro atoms. The first-order chi connectivity index (χ1) is 13.9. The molecule has 0 saturated heterocycles. The van der Waals surface area contributed by atoms with Crippen LogP contribution in [-0.4, -0.2) is 26.2 Å². The van der Waals surface area contributed by atoms with E-state index in [4.69, 9.17) is 9.47 Å². The predicted octanol–water partition coefficient (Wildman–Crippen LogP) is 5.42. The van der Waals surface area contributed by atoms with Gasteiger partial charge in [0, 0.05) is 6.54 Å². The van der Waals surface area contributed by atoms with Crippen LogP contribution in [0.5, 0.6) is 11.5 Å². The van der Waals surface area contributed by atoms with Gasteiger partial charge in [-0.05, 0) is 68.0 Å². The summed E-state index contributed by atoms with van der Waals surface area (Å²) in [6.45, 7) is 11.7. The molecule has 0 aliphatic heterocycles. The summed E-state index contributed by atoms with van der Waals surface area (Å²) in [5, 5.41) is 2.99. The summed E-state index contributed by atoms with van der Waals surface area (Å²) >= 11 is 0. The highest BCUT2D eigenvalue weighted by atomic mass is 16.5. The topological polar surface area (TPSA) is 47.6 Å². The summed E-state index contributed by atoms with van der Waals surface area (Å²) in [6.07, 6.45) is 3.49. The molecule has 2 aromatic rings. The van der Waals surface area contributed by atoms with Crippen LogP contribution in [0.1, 0.15) is 55.9 Å². The largest absolute Gasteiger partial charge is 0.493 e. The highest BCUT2D eigenvalue weighted by Gasteiger charge is 2.08. The van der Waals surface area contributed by atoms with E-state index in [9.17, 15) is 4.79 Å². The van der Waals surface area contributed by atoms with E-state index in [0.29, 0.717) is 31.1 Å². The number of benzene rings is 2. The Kier molecular flexibility index (Phi) is 11.6. The summed E-state index contributed by atoms with van der Waals surface area (Å²) in [4.78, 5) is 12.1. The number of ether oxygens (including phenoxy) is 2. The van der Waals surface area contributed by atoms with E-state index >= 15 is 0 Å². The third-order valence-electron chi connectivity index (χ3n) is 4.43. The van der Waals surface area contributed by atoms with Gasteiger partial charge in [-0.1, -0.05) is 44.5 Å². The molecule has 0 unspecified atom stereocenters. The number of carbonyl (C=O) groups is 1. The zero-order valence-electron chi connectivity index (χ0n) is 18.9. The molecule has 2 rings (SSSR count). The molecule has 0 aliphatic carbocycles. The van der Waals surface area contributed by atoms with Gasteiger partial charge in [-0.25, -0.2) is 0 Å². The van der Waals surface area contributed by atoms with Crippen molar-refractivity contribution in [2.45, 2.75) is 60.3 Å². The molecule has 0 aromatic heterocycles. The Morgan fingerprint density at radius 3 is 2.24 bits per heavy atom. The van der Waals surface area contributed by atoms with E-state index in [1.807, 2.05) is 25.1 Å². The van der Waals surface area contributed by atoms with Crippen LogP contribution in [0.2, 0.25) is 0 Å². The number of hydrogen-bond donors (Lipinski definition) is 1. The second kappa shape index (κ2) is 13.6. The molecule has 4 nitrogen and oxygen atoms in total. The molecule has 0 bridgehead atoms. The van der Waals surface area contributed by atoms with Crippen LogP contribution in [0.4, 0.5) is 0 Å². The van der Waals surface area contributed by atoms with Crippen molar-refractivity contribution < 1.29 is 14.3 Å². The van der Waals surface area contributed by atoms with Crippen LogP contribution in [-0.2, 0) is 17.6 Å². The molecule has 0 saturated carbocycles. The van der Waals surface area contributed by atoms with E-state index in [-0.39, 0.29) is 5.91 Å². The fourth-order valence-corrected chi connectivity index (χ4v) is 2.82. The maximum atomic E-state index is 12.1. The Hall–Kier alpha value is -2.49. The Morgan fingerprint density at radius 2 is 1.62 bits per heavy atom. The third kappa shape index (κ3) is 9.03. The number of methoxy groups -OCH3 is 1. The summed E-state index contributed by atoms with van der Waals surface area (Å²) in [6, 6.07) is 12.2. The average Bonchev–Trinajstić information content (AvgIpc) is 2.70. The number of amides is 1. The first-order valence-corrected chi connectivity index (χ1v) is 10.6. The van der Waals surface area contributed by atoms with E-state index < -0.39 is 0 Å². The van der Waals surface area contributed by atoms with Crippen molar-refractivity contribution in [2.24, 2.45) is 0 Å². The molecule has 0 heterocycles. The van der Waals surface area contributed by atoms with Crippen molar-refractivity contribution in [3.8, 4) is 11.5 Å². The maximum absolute atomic E-state index is 12.1. The van der Waals surface area contributed by atoms with Crippen LogP contribution in [0, 0.1) is 13.8 Å². The lowest BCUT2D eigenvalue weighted by Crippen LogP contribution is -2.26. The van der Waals surface area contributed by atoms with Gasteiger partial charge in [0.25, 0.3) is 0 Å². The average molecular weight is 400 g/mol. The van der Waals surface area contributed by atoms with Crippen molar-refractivity contribution in [1.29, 1.82) is 0 Å². The normalized spacial score (nSPS) is 10.0. The Morgan fingerprint density at radius 1 is 0.931 bits per heavy atom. The molecular weight excluding hydrogens is 362 g/mol. The molecule has 29 heavy (non-hydrogen) atoms. The highest BCUT2D eigenvalue weighted by molar-refractivity contribution is 5.78. The molecular formula is C25H37NO3. The van der Waals surface area contributed by atoms with Gasteiger partial charge >= 0.3 is 0 Å². The summed E-state index contributed by atoms with van der Waals surface area (Å²) < 4.78 is 10.8. The van der Waals surface area contributed by atoms with Gasteiger partial charge in [0.15, 0.2) is 11.5 Å². The lowest BCUT2D eigenvalue weighted by molar-refractivity contribution is -0.120. The fraction of sp³-hybridized carbons (Fsp3) is 0.480. The third-order valence-corrected chi connectivity index (χ3v) is 4.43. The maximum Gasteiger partial charge on any atom is 0.224 e. The zero-order chi connectivity index (χ0) is 21.6. The van der Waals surface area contributed by atoms with Gasteiger partial charge in [-0.2, -0.15) is 0 Å². The van der Waals surface area contributed by atoms with Crippen molar-refractivity contribution in [2.75, 3.05) is 20.3 Å². The summed E-state index contributed by atoms with van der Waals surface area (Å²) in [7, 11) is 1.61. The van der Waals surface area contributed by atoms with Crippen LogP contribution >= 0.6 is 0 Å². The number of hydrogen-bond acceptors (Lipinski definition) is 3. The quantitative estimate of drug-likeness (QED) is 0.573. The molecule has 1 N–H and O–H groups in total. The van der Waals surface area contributed by atoms with Gasteiger partial charge in [0.2, 0.25) is 5.91 Å². The number of rotatable bonds is 9. The summed E-state index contributed by atoms with van der Waals surface area (Å²) in [5.41, 5.74) is 4.86. The van der Waals surface area contributed by atoms with Crippen molar-refractivity contribution in [3.63, 3.8) is 0 Å². The van der Waals surface area contributed by atoms with Gasteiger partial charge in [0.05, 0.1) is 20.1 Å². The smallest absolute Gasteiger partial charge is 0.224 e. The molecule has 2 aromatic carbocycles. The molecule has 0 radical (unpaired) electrons. The number of aryl methyl sites for hydroxylation is 3. The van der Waals surface area contributed by atoms with Crippen molar-refractivity contribution >= 4 is 5.91 Å². The minimum Gasteiger partial charge on any atom is -0.493 e. The fourth-order valence-electron chi connectivity index (χ4n) is 2.82. The number of carbonyl (C=O) groups excluding carboxylic acids is 1. The minimum atomic E-state index is 0.0244. The highest BCUT2D eigenvalue weighted by Crippen LogP contribution is 2.28. The Labute approximate surface area is 176 Å². The van der Waals surface area contributed by atoms with Crippen molar-refractivity contribution in [1.82, 2.24) is 5.32 Å². The molecule has 1 amide bonds. The first kappa shape index (κ1) is 24.5. The predicted molar refractivity (Wildman–Crippen MR) is 121 cm³/mol. The number of nitrogens with one attached hydrogen (secondary N) is 1. The molecule has 4 heteroatoms. The molecule has 0 aliphatic rings. The first-order valence-electron chi connectivity index (χ1n) is 10.6. The minimum absolute atomic E-state index is 0.0244. The standard InChI is InChI=1S/C22H29NO3.C3H8/c1-5-26-20-11-10-19(14-21(20)25-4)15-22(24)23-12-6-7-18-9-8-16(2)17(3)13-18;1-3-2/h8-11,13-14H,5-7,12,15H2,1-4H3,(H,23,24);3H2,1-2H3. The lowest BCUT2D eigenvalue weighted by Gasteiger charge is -2.11. The second-order valence-corrected chi connectivity index (χ2v) is 7.17. The molecule has 0 fully saturated rings. The van der Waals surface area contributed by atoms with E-state index in [0.717, 1.165) is 18.4 Å². The van der Waals surface area contributed by atoms with Crippen LogP contribution in [0.25, 0.3) is 0 Å². The monoisotopic (exact) mass is 399 g/mol. The van der Waals surface area contributed by atoms with Crippen LogP contribution in [0.15, 0.2) is 36.4 Å². The van der Waals surface area contributed by atoms with Crippen molar-refractivity contribution in [3.05, 3.63) is 58.7 Å². The Balaban J connectivity index is 0.00000132. The van der Waals surface area contributed by atoms with E-state index in [1.54, 1.807) is 7.11 Å². The second-order valence-electron chi connectivity index (χ2n) is 7.17. The summed E-state index contributed by atoms with van der Waals surface area (Å²) in [5.74, 6) is 1.38. The Bertz CT molecular complexity index is 756. The van der Waals surface area contributed by atoms with Crippen LogP contribution < -0.4 is 14.8 Å². The van der Waals surface area contributed by atoms with E-state index in [2.05, 4.69) is 51.2 Å². The van der Waals surface area contributed by atoms with Gasteiger partial charge in [-0.3, -0.25) is 4.79 Å². The van der Waals surface area contributed by atoms with Gasteiger partial charge in [-0.15, -0.1) is 0 Å². The lowest BCUT2D eigenvalue weighted by atomic mass is 10.0. The van der Waals surface area contributed by atoms with Gasteiger partial charge in [0.1, 0.15) is 0 Å². The zero-order valence-corrected chi connectivity index (χ0v) is 18.9. The van der Waals surface area contributed by atoms with Gasteiger partial charge < -0.3 is 14.8 Å².